The van der Waals surface area contributed by atoms with Gasteiger partial charge in [-0.05, 0) is 18.9 Å². The highest BCUT2D eigenvalue weighted by Gasteiger charge is 2.33. The molecule has 5 rings (SSSR count). The Hall–Kier alpha value is -3.08. The van der Waals surface area contributed by atoms with Gasteiger partial charge in [0.1, 0.15) is 11.5 Å². The fourth-order valence-corrected chi connectivity index (χ4v) is 4.44. The van der Waals surface area contributed by atoms with Crippen LogP contribution in [0, 0.1) is 0 Å². The molecule has 0 aliphatic carbocycles. The van der Waals surface area contributed by atoms with Gasteiger partial charge in [-0.25, -0.2) is 24.9 Å². The van der Waals surface area contributed by atoms with Gasteiger partial charge in [-0.3, -0.25) is 4.40 Å². The van der Waals surface area contributed by atoms with Gasteiger partial charge in [-0.1, -0.05) is 0 Å². The first-order valence-electron chi connectivity index (χ1n) is 9.37. The second-order valence-corrected chi connectivity index (χ2v) is 7.96. The molecule has 0 aromatic carbocycles. The number of imidazole rings is 1. The molecule has 0 amide bonds. The minimum atomic E-state index is -4.54. The second-order valence-electron chi connectivity index (χ2n) is 7.04. The van der Waals surface area contributed by atoms with Crippen molar-refractivity contribution in [3.63, 3.8) is 0 Å². The minimum Gasteiger partial charge on any atom is -0.356 e. The summed E-state index contributed by atoms with van der Waals surface area (Å²) in [4.78, 5) is 23.1. The molecular weight excluding hydrogens is 415 g/mol. The molecule has 1 aliphatic heterocycles. The average molecular weight is 431 g/mol. The van der Waals surface area contributed by atoms with Gasteiger partial charge in [-0.15, -0.1) is 11.3 Å². The number of hydrogen-bond donors (Lipinski definition) is 0. The molecule has 1 fully saturated rings. The zero-order chi connectivity index (χ0) is 20.7. The van der Waals surface area contributed by atoms with E-state index in [2.05, 4.69) is 29.8 Å². The van der Waals surface area contributed by atoms with E-state index in [0.29, 0.717) is 23.1 Å². The van der Waals surface area contributed by atoms with Crippen LogP contribution in [0.15, 0.2) is 42.4 Å². The van der Waals surface area contributed by atoms with E-state index in [9.17, 15) is 13.2 Å². The molecule has 4 aromatic heterocycles. The van der Waals surface area contributed by atoms with E-state index in [1.165, 1.54) is 10.6 Å². The number of piperidine rings is 1. The fourth-order valence-electron chi connectivity index (χ4n) is 3.67. The normalized spacial score (nSPS) is 17.6. The Morgan fingerprint density at radius 1 is 1.07 bits per heavy atom. The third-order valence-corrected chi connectivity index (χ3v) is 6.04. The van der Waals surface area contributed by atoms with Crippen LogP contribution in [0.3, 0.4) is 0 Å². The number of halogens is 3. The molecule has 0 saturated carbocycles. The summed E-state index contributed by atoms with van der Waals surface area (Å²) in [5, 5.41) is 3.09. The van der Waals surface area contributed by atoms with E-state index in [4.69, 9.17) is 0 Å². The summed E-state index contributed by atoms with van der Waals surface area (Å²) in [7, 11) is 0. The van der Waals surface area contributed by atoms with Crippen molar-refractivity contribution in [1.29, 1.82) is 0 Å². The quantitative estimate of drug-likeness (QED) is 0.488. The standard InChI is InChI=1S/C19H16F3N7S/c20-19(21,22)14-11-29-13(8-26-16(29)9-25-14)17-23-4-3-15(27-17)28-6-1-2-12(10-28)18-24-5-7-30-18/h3-5,7-9,11-12H,1-2,6,10H2. The van der Waals surface area contributed by atoms with Crippen LogP contribution in [0.2, 0.25) is 0 Å². The first-order valence-corrected chi connectivity index (χ1v) is 10.2. The topological polar surface area (TPSA) is 72.1 Å². The Morgan fingerprint density at radius 3 is 2.77 bits per heavy atom. The van der Waals surface area contributed by atoms with Crippen LogP contribution in [-0.2, 0) is 6.18 Å². The molecular formula is C19H16F3N7S. The molecule has 0 spiro atoms. The maximum absolute atomic E-state index is 13.1. The van der Waals surface area contributed by atoms with Crippen molar-refractivity contribution < 1.29 is 13.2 Å². The predicted molar refractivity (Wildman–Crippen MR) is 105 cm³/mol. The number of fused-ring (bicyclic) bond motifs is 1. The van der Waals surface area contributed by atoms with E-state index in [1.54, 1.807) is 17.5 Å². The Morgan fingerprint density at radius 2 is 1.97 bits per heavy atom. The van der Waals surface area contributed by atoms with Gasteiger partial charge in [0, 0.05) is 43.0 Å². The second kappa shape index (κ2) is 7.31. The first-order chi connectivity index (χ1) is 14.5. The zero-order valence-corrected chi connectivity index (χ0v) is 16.4. The molecule has 30 heavy (non-hydrogen) atoms. The molecule has 5 heterocycles. The molecule has 1 saturated heterocycles. The molecule has 154 valence electrons. The highest BCUT2D eigenvalue weighted by Crippen LogP contribution is 2.31. The van der Waals surface area contributed by atoms with E-state index >= 15 is 0 Å². The third-order valence-electron chi connectivity index (χ3n) is 5.10. The Kier molecular flexibility index (Phi) is 4.61. The fraction of sp³-hybridized carbons (Fsp3) is 0.316. The summed E-state index contributed by atoms with van der Waals surface area (Å²) >= 11 is 1.65. The number of alkyl halides is 3. The van der Waals surface area contributed by atoms with E-state index < -0.39 is 11.9 Å². The third kappa shape index (κ3) is 3.49. The van der Waals surface area contributed by atoms with Crippen LogP contribution < -0.4 is 4.90 Å². The van der Waals surface area contributed by atoms with Crippen LogP contribution >= 0.6 is 11.3 Å². The van der Waals surface area contributed by atoms with Gasteiger partial charge in [-0.2, -0.15) is 13.2 Å². The van der Waals surface area contributed by atoms with Crippen molar-refractivity contribution in [2.24, 2.45) is 0 Å². The summed E-state index contributed by atoms with van der Waals surface area (Å²) < 4.78 is 40.6. The van der Waals surface area contributed by atoms with Crippen LogP contribution in [-0.4, -0.2) is 42.4 Å². The maximum Gasteiger partial charge on any atom is 0.434 e. The lowest BCUT2D eigenvalue weighted by atomic mass is 9.99. The Balaban J connectivity index is 1.48. The number of aromatic nitrogens is 6. The predicted octanol–water partition coefficient (Wildman–Crippen LogP) is 4.05. The monoisotopic (exact) mass is 431 g/mol. The van der Waals surface area contributed by atoms with Crippen LogP contribution in [0.25, 0.3) is 17.2 Å². The number of hydrogen-bond acceptors (Lipinski definition) is 7. The molecule has 11 heteroatoms. The van der Waals surface area contributed by atoms with Crippen molar-refractivity contribution in [3.05, 3.63) is 53.1 Å². The van der Waals surface area contributed by atoms with Gasteiger partial charge in [0.2, 0.25) is 0 Å². The SMILES string of the molecule is FC(F)(F)c1cn2c(-c3nccc(N4CCCC(c5nccs5)C4)n3)cnc2cn1. The number of thiazole rings is 1. The summed E-state index contributed by atoms with van der Waals surface area (Å²) in [6.07, 6.45) is 4.46. The van der Waals surface area contributed by atoms with Gasteiger partial charge >= 0.3 is 6.18 Å². The number of rotatable bonds is 3. The van der Waals surface area contributed by atoms with Crippen molar-refractivity contribution >= 4 is 22.8 Å². The van der Waals surface area contributed by atoms with Crippen molar-refractivity contribution in [2.75, 3.05) is 18.0 Å². The summed E-state index contributed by atoms with van der Waals surface area (Å²) in [5.74, 6) is 1.39. The Labute approximate surface area is 173 Å². The molecule has 0 bridgehead atoms. The zero-order valence-electron chi connectivity index (χ0n) is 15.6. The van der Waals surface area contributed by atoms with Crippen LogP contribution in [0.1, 0.15) is 29.5 Å². The molecule has 7 nitrogen and oxygen atoms in total. The smallest absolute Gasteiger partial charge is 0.356 e. The maximum atomic E-state index is 13.1. The van der Waals surface area contributed by atoms with Gasteiger partial charge in [0.15, 0.2) is 17.2 Å². The van der Waals surface area contributed by atoms with Crippen molar-refractivity contribution in [1.82, 2.24) is 29.3 Å². The summed E-state index contributed by atoms with van der Waals surface area (Å²) in [6.45, 7) is 1.65. The number of nitrogens with zero attached hydrogens (tertiary/aromatic N) is 7. The minimum absolute atomic E-state index is 0.300. The first kappa shape index (κ1) is 18.9. The highest BCUT2D eigenvalue weighted by atomic mass is 32.1. The lowest BCUT2D eigenvalue weighted by Gasteiger charge is -2.32. The van der Waals surface area contributed by atoms with E-state index in [0.717, 1.165) is 49.2 Å². The van der Waals surface area contributed by atoms with E-state index in [-0.39, 0.29) is 0 Å². The molecule has 4 aromatic rings. The molecule has 0 N–H and O–H groups in total. The number of anilines is 1. The molecule has 1 aliphatic rings. The van der Waals surface area contributed by atoms with Crippen molar-refractivity contribution in [3.8, 4) is 11.5 Å². The largest absolute Gasteiger partial charge is 0.434 e. The highest BCUT2D eigenvalue weighted by molar-refractivity contribution is 7.09. The lowest BCUT2D eigenvalue weighted by molar-refractivity contribution is -0.141. The van der Waals surface area contributed by atoms with Gasteiger partial charge in [0.25, 0.3) is 0 Å². The van der Waals surface area contributed by atoms with E-state index in [1.807, 2.05) is 17.6 Å². The van der Waals surface area contributed by atoms with Crippen LogP contribution in [0.4, 0.5) is 19.0 Å². The summed E-state index contributed by atoms with van der Waals surface area (Å²) in [6, 6.07) is 1.82. The van der Waals surface area contributed by atoms with Crippen molar-refractivity contribution in [2.45, 2.75) is 24.9 Å². The molecule has 1 unspecified atom stereocenters. The lowest BCUT2D eigenvalue weighted by Crippen LogP contribution is -2.35. The van der Waals surface area contributed by atoms with Crippen LogP contribution in [0.5, 0.6) is 0 Å². The van der Waals surface area contributed by atoms with Gasteiger partial charge < -0.3 is 4.90 Å². The van der Waals surface area contributed by atoms with Gasteiger partial charge in [0.05, 0.1) is 17.4 Å². The average Bonchev–Trinajstić information content (AvgIpc) is 3.43. The summed E-state index contributed by atoms with van der Waals surface area (Å²) in [5.41, 5.74) is -0.310. The Bertz CT molecular complexity index is 1170. The molecule has 0 radical (unpaired) electrons. The molecule has 1 atom stereocenters.